The van der Waals surface area contributed by atoms with E-state index in [-0.39, 0.29) is 17.2 Å². The quantitative estimate of drug-likeness (QED) is 0.308. The zero-order valence-electron chi connectivity index (χ0n) is 14.1. The van der Waals surface area contributed by atoms with Gasteiger partial charge in [0.05, 0.1) is 4.92 Å². The van der Waals surface area contributed by atoms with Gasteiger partial charge in [-0.15, -0.1) is 0 Å². The Labute approximate surface area is 142 Å². The van der Waals surface area contributed by atoms with Gasteiger partial charge in [-0.2, -0.15) is 0 Å². The summed E-state index contributed by atoms with van der Waals surface area (Å²) in [6.45, 7) is 1.37. The van der Waals surface area contributed by atoms with Crippen LogP contribution in [0.1, 0.15) is 48.9 Å². The van der Waals surface area contributed by atoms with Gasteiger partial charge in [-0.1, -0.05) is 25.7 Å². The average molecular weight is 334 g/mol. The number of nitrogens with zero attached hydrogens (tertiary/aromatic N) is 1. The molecule has 0 atom stereocenters. The molecule has 1 aliphatic carbocycles. The maximum absolute atomic E-state index is 11.6. The highest BCUT2D eigenvalue weighted by Gasteiger charge is 2.17. The van der Waals surface area contributed by atoms with E-state index in [1.165, 1.54) is 51.6 Å². The molecule has 7 heteroatoms. The third kappa shape index (κ3) is 5.19. The van der Waals surface area contributed by atoms with Crippen LogP contribution in [0.25, 0.3) is 0 Å². The third-order valence-corrected chi connectivity index (χ3v) is 4.41. The van der Waals surface area contributed by atoms with Crippen molar-refractivity contribution in [1.82, 2.24) is 10.6 Å². The predicted molar refractivity (Wildman–Crippen MR) is 94.5 cm³/mol. The lowest BCUT2D eigenvalue weighted by molar-refractivity contribution is -0.384. The zero-order valence-corrected chi connectivity index (χ0v) is 14.1. The van der Waals surface area contributed by atoms with Gasteiger partial charge in [0, 0.05) is 37.8 Å². The number of nitrogens with one attached hydrogen (secondary N) is 3. The predicted octanol–water partition coefficient (Wildman–Crippen LogP) is 2.68. The van der Waals surface area contributed by atoms with Crippen molar-refractivity contribution in [3.8, 4) is 0 Å². The minimum Gasteiger partial charge on any atom is -0.378 e. The number of anilines is 1. The van der Waals surface area contributed by atoms with Crippen LogP contribution in [0.15, 0.2) is 18.2 Å². The molecular formula is C17H26N4O3. The Kier molecular flexibility index (Phi) is 6.99. The summed E-state index contributed by atoms with van der Waals surface area (Å²) < 4.78 is 0. The van der Waals surface area contributed by atoms with E-state index in [9.17, 15) is 14.9 Å². The highest BCUT2D eigenvalue weighted by Crippen LogP contribution is 2.25. The van der Waals surface area contributed by atoms with E-state index in [1.54, 1.807) is 12.1 Å². The molecule has 2 rings (SSSR count). The van der Waals surface area contributed by atoms with Crippen molar-refractivity contribution < 1.29 is 9.72 Å². The van der Waals surface area contributed by atoms with E-state index < -0.39 is 4.92 Å². The maximum atomic E-state index is 11.6. The SMILES string of the molecule is CNC(=O)c1ccc(NCCNC2CCCCCC2)c([N+](=O)[O-])c1. The number of rotatable bonds is 7. The van der Waals surface area contributed by atoms with Gasteiger partial charge in [-0.3, -0.25) is 14.9 Å². The number of hydrogen-bond acceptors (Lipinski definition) is 5. The van der Waals surface area contributed by atoms with Gasteiger partial charge in [0.1, 0.15) is 5.69 Å². The standard InChI is InChI=1S/C17H26N4O3/c1-18-17(22)13-8-9-15(16(12-13)21(23)24)20-11-10-19-14-6-4-2-3-5-7-14/h8-9,12,14,19-20H,2-7,10-11H2,1H3,(H,18,22). The molecule has 0 radical (unpaired) electrons. The van der Waals surface area contributed by atoms with E-state index in [4.69, 9.17) is 0 Å². The molecule has 24 heavy (non-hydrogen) atoms. The Morgan fingerprint density at radius 3 is 2.54 bits per heavy atom. The van der Waals surface area contributed by atoms with Crippen molar-refractivity contribution in [3.05, 3.63) is 33.9 Å². The van der Waals surface area contributed by atoms with Crippen LogP contribution < -0.4 is 16.0 Å². The molecule has 0 spiro atoms. The van der Waals surface area contributed by atoms with Crippen LogP contribution >= 0.6 is 0 Å². The first-order valence-corrected chi connectivity index (χ1v) is 8.59. The monoisotopic (exact) mass is 334 g/mol. The molecule has 1 aliphatic rings. The van der Waals surface area contributed by atoms with Gasteiger partial charge in [0.2, 0.25) is 0 Å². The molecular weight excluding hydrogens is 308 g/mol. The first-order valence-electron chi connectivity index (χ1n) is 8.59. The fraction of sp³-hybridized carbons (Fsp3) is 0.588. The number of carbonyl (C=O) groups is 1. The van der Waals surface area contributed by atoms with E-state index in [2.05, 4.69) is 16.0 Å². The van der Waals surface area contributed by atoms with Crippen molar-refractivity contribution >= 4 is 17.3 Å². The first-order chi connectivity index (χ1) is 11.6. The lowest BCUT2D eigenvalue weighted by atomic mass is 10.1. The van der Waals surface area contributed by atoms with Crippen LogP contribution in [0.4, 0.5) is 11.4 Å². The van der Waals surface area contributed by atoms with Gasteiger partial charge < -0.3 is 16.0 Å². The fourth-order valence-corrected chi connectivity index (χ4v) is 3.07. The number of carbonyl (C=O) groups excluding carboxylic acids is 1. The van der Waals surface area contributed by atoms with Crippen LogP contribution in [0, 0.1) is 10.1 Å². The summed E-state index contributed by atoms with van der Waals surface area (Å²) in [7, 11) is 1.50. The van der Waals surface area contributed by atoms with E-state index >= 15 is 0 Å². The van der Waals surface area contributed by atoms with Crippen molar-refractivity contribution in [2.24, 2.45) is 0 Å². The van der Waals surface area contributed by atoms with Crippen LogP contribution in [-0.2, 0) is 0 Å². The fourth-order valence-electron chi connectivity index (χ4n) is 3.07. The summed E-state index contributed by atoms with van der Waals surface area (Å²) in [5.41, 5.74) is 0.646. The van der Waals surface area contributed by atoms with E-state index in [0.29, 0.717) is 18.3 Å². The summed E-state index contributed by atoms with van der Waals surface area (Å²) in [5, 5.41) is 20.3. The topological polar surface area (TPSA) is 96.3 Å². The van der Waals surface area contributed by atoms with Crippen molar-refractivity contribution in [2.45, 2.75) is 44.6 Å². The van der Waals surface area contributed by atoms with Gasteiger partial charge in [0.25, 0.3) is 11.6 Å². The Bertz CT molecular complexity index is 569. The third-order valence-electron chi connectivity index (χ3n) is 4.41. The first kappa shape index (κ1) is 18.2. The molecule has 1 saturated carbocycles. The molecule has 1 fully saturated rings. The van der Waals surface area contributed by atoms with Crippen molar-refractivity contribution in [1.29, 1.82) is 0 Å². The maximum Gasteiger partial charge on any atom is 0.293 e. The molecule has 1 aromatic carbocycles. The lowest BCUT2D eigenvalue weighted by Crippen LogP contribution is -2.32. The lowest BCUT2D eigenvalue weighted by Gasteiger charge is -2.16. The minimum atomic E-state index is -0.465. The highest BCUT2D eigenvalue weighted by atomic mass is 16.6. The Balaban J connectivity index is 1.89. The van der Waals surface area contributed by atoms with Crippen LogP contribution in [0.5, 0.6) is 0 Å². The second-order valence-corrected chi connectivity index (χ2v) is 6.14. The Hall–Kier alpha value is -2.15. The van der Waals surface area contributed by atoms with E-state index in [0.717, 1.165) is 6.54 Å². The van der Waals surface area contributed by atoms with Crippen molar-refractivity contribution in [3.63, 3.8) is 0 Å². The molecule has 7 nitrogen and oxygen atoms in total. The van der Waals surface area contributed by atoms with Gasteiger partial charge in [-0.25, -0.2) is 0 Å². The van der Waals surface area contributed by atoms with Crippen LogP contribution in [0.3, 0.4) is 0 Å². The van der Waals surface area contributed by atoms with Crippen molar-refractivity contribution in [2.75, 3.05) is 25.5 Å². The molecule has 0 heterocycles. The number of hydrogen-bond donors (Lipinski definition) is 3. The molecule has 1 amide bonds. The summed E-state index contributed by atoms with van der Waals surface area (Å²) in [4.78, 5) is 22.4. The van der Waals surface area contributed by atoms with Crippen LogP contribution in [0.2, 0.25) is 0 Å². The van der Waals surface area contributed by atoms with Crippen LogP contribution in [-0.4, -0.2) is 37.0 Å². The second kappa shape index (κ2) is 9.22. The summed E-state index contributed by atoms with van der Waals surface area (Å²) in [5.74, 6) is -0.334. The Morgan fingerprint density at radius 1 is 1.21 bits per heavy atom. The molecule has 0 aliphatic heterocycles. The molecule has 0 unspecified atom stereocenters. The second-order valence-electron chi connectivity index (χ2n) is 6.14. The molecule has 132 valence electrons. The highest BCUT2D eigenvalue weighted by molar-refractivity contribution is 5.95. The number of nitro benzene ring substituents is 1. The summed E-state index contributed by atoms with van der Waals surface area (Å²) in [6.07, 6.45) is 7.61. The minimum absolute atomic E-state index is 0.0782. The largest absolute Gasteiger partial charge is 0.378 e. The Morgan fingerprint density at radius 2 is 1.92 bits per heavy atom. The normalized spacial score (nSPS) is 15.5. The smallest absolute Gasteiger partial charge is 0.293 e. The summed E-state index contributed by atoms with van der Waals surface area (Å²) in [6, 6.07) is 5.04. The van der Waals surface area contributed by atoms with E-state index in [1.807, 2.05) is 0 Å². The number of nitro groups is 1. The zero-order chi connectivity index (χ0) is 17.4. The molecule has 0 aromatic heterocycles. The molecule has 3 N–H and O–H groups in total. The average Bonchev–Trinajstić information content (AvgIpc) is 2.86. The molecule has 1 aromatic rings. The van der Waals surface area contributed by atoms with Gasteiger partial charge in [-0.05, 0) is 25.0 Å². The molecule has 0 saturated heterocycles. The number of benzene rings is 1. The van der Waals surface area contributed by atoms with Gasteiger partial charge in [0.15, 0.2) is 0 Å². The number of amides is 1. The molecule has 0 bridgehead atoms. The summed E-state index contributed by atoms with van der Waals surface area (Å²) >= 11 is 0. The van der Waals surface area contributed by atoms with Gasteiger partial charge >= 0.3 is 0 Å².